The molecule has 2 aromatic rings. The molecule has 0 saturated carbocycles. The third-order valence-electron chi connectivity index (χ3n) is 4.39. The van der Waals surface area contributed by atoms with Crippen LogP contribution in [0.25, 0.3) is 0 Å². The number of para-hydroxylation sites is 2. The number of ether oxygens (including phenoxy) is 1. The Kier molecular flexibility index (Phi) is 3.53. The highest BCUT2D eigenvalue weighted by atomic mass is 16.5. The first-order valence-corrected chi connectivity index (χ1v) is 7.98. The average Bonchev–Trinajstić information content (AvgIpc) is 2.93. The maximum Gasteiger partial charge on any atom is 0.241 e. The van der Waals surface area contributed by atoms with E-state index in [9.17, 15) is 4.79 Å². The summed E-state index contributed by atoms with van der Waals surface area (Å²) in [5.74, 6) is 0.921. The molecule has 6 nitrogen and oxygen atoms in total. The lowest BCUT2D eigenvalue weighted by molar-refractivity contribution is -0.120. The van der Waals surface area contributed by atoms with Crippen molar-refractivity contribution in [3.05, 3.63) is 41.7 Å². The van der Waals surface area contributed by atoms with E-state index in [-0.39, 0.29) is 5.91 Å². The number of carbonyl (C=O) groups excluding carboxylic acids is 1. The van der Waals surface area contributed by atoms with Gasteiger partial charge < -0.3 is 9.64 Å². The molecule has 1 aromatic heterocycles. The minimum absolute atomic E-state index is 0.130. The number of anilines is 1. The van der Waals surface area contributed by atoms with Gasteiger partial charge in [0.2, 0.25) is 5.91 Å². The molecular weight excluding hydrogens is 292 g/mol. The van der Waals surface area contributed by atoms with Crippen LogP contribution in [0, 0.1) is 6.92 Å². The maximum absolute atomic E-state index is 12.8. The Hall–Kier alpha value is -2.34. The smallest absolute Gasteiger partial charge is 0.241 e. The molecule has 4 rings (SSSR count). The first-order valence-electron chi connectivity index (χ1n) is 7.98. The molecule has 0 atom stereocenters. The number of nitrogens with zero attached hydrogens (tertiary/aromatic N) is 4. The number of aromatic nitrogens is 2. The molecule has 0 radical (unpaired) electrons. The Morgan fingerprint density at radius 1 is 1.26 bits per heavy atom. The van der Waals surface area contributed by atoms with Crippen molar-refractivity contribution in [2.45, 2.75) is 20.0 Å². The van der Waals surface area contributed by atoms with Crippen molar-refractivity contribution in [2.75, 3.05) is 31.1 Å². The number of hydrogen-bond donors (Lipinski definition) is 0. The summed E-state index contributed by atoms with van der Waals surface area (Å²) in [6.45, 7) is 6.07. The van der Waals surface area contributed by atoms with Crippen molar-refractivity contribution in [2.24, 2.45) is 0 Å². The quantitative estimate of drug-likeness (QED) is 0.842. The Balaban J connectivity index is 1.47. The van der Waals surface area contributed by atoms with Gasteiger partial charge in [-0.3, -0.25) is 14.4 Å². The minimum Gasteiger partial charge on any atom is -0.490 e. The molecule has 0 unspecified atom stereocenters. The number of fused-ring (bicyclic) bond motifs is 2. The van der Waals surface area contributed by atoms with Crippen LogP contribution in [0.4, 0.5) is 5.69 Å². The number of hydrogen-bond acceptors (Lipinski definition) is 4. The fourth-order valence-electron chi connectivity index (χ4n) is 3.30. The molecule has 3 heterocycles. The second kappa shape index (κ2) is 5.70. The van der Waals surface area contributed by atoms with E-state index in [1.54, 1.807) is 0 Å². The zero-order valence-corrected chi connectivity index (χ0v) is 13.2. The second-order valence-electron chi connectivity index (χ2n) is 6.07. The van der Waals surface area contributed by atoms with E-state index in [1.165, 1.54) is 5.69 Å². The topological polar surface area (TPSA) is 50.6 Å². The summed E-state index contributed by atoms with van der Waals surface area (Å²) in [4.78, 5) is 16.8. The zero-order valence-electron chi connectivity index (χ0n) is 13.2. The predicted molar refractivity (Wildman–Crippen MR) is 86.5 cm³/mol. The molecule has 23 heavy (non-hydrogen) atoms. The fraction of sp³-hybridized carbons (Fsp3) is 0.412. The van der Waals surface area contributed by atoms with Crippen LogP contribution in [0.5, 0.6) is 5.75 Å². The van der Waals surface area contributed by atoms with Crippen LogP contribution in [0.1, 0.15) is 11.4 Å². The Labute approximate surface area is 135 Å². The van der Waals surface area contributed by atoms with Gasteiger partial charge in [0, 0.05) is 13.1 Å². The van der Waals surface area contributed by atoms with Crippen LogP contribution in [0.3, 0.4) is 0 Å². The zero-order chi connectivity index (χ0) is 15.8. The predicted octanol–water partition coefficient (Wildman–Crippen LogP) is 1.43. The molecule has 6 heteroatoms. The summed E-state index contributed by atoms with van der Waals surface area (Å²) in [5, 5.41) is 4.46. The third kappa shape index (κ3) is 2.70. The summed E-state index contributed by atoms with van der Waals surface area (Å²) in [5.41, 5.74) is 3.10. The molecule has 0 N–H and O–H groups in total. The molecule has 1 aromatic carbocycles. The maximum atomic E-state index is 12.8. The highest BCUT2D eigenvalue weighted by Crippen LogP contribution is 2.31. The first kappa shape index (κ1) is 14.3. The summed E-state index contributed by atoms with van der Waals surface area (Å²) in [7, 11) is 0. The number of carbonyl (C=O) groups is 1. The lowest BCUT2D eigenvalue weighted by atomic mass is 10.2. The van der Waals surface area contributed by atoms with Gasteiger partial charge in [0.05, 0.1) is 36.7 Å². The van der Waals surface area contributed by atoms with E-state index in [2.05, 4.69) is 16.1 Å². The third-order valence-corrected chi connectivity index (χ3v) is 4.39. The summed E-state index contributed by atoms with van der Waals surface area (Å²) in [6, 6.07) is 9.83. The van der Waals surface area contributed by atoms with E-state index in [4.69, 9.17) is 4.74 Å². The molecule has 1 amide bonds. The summed E-state index contributed by atoms with van der Waals surface area (Å²) < 4.78 is 7.67. The van der Waals surface area contributed by atoms with Crippen LogP contribution in [-0.4, -0.2) is 46.8 Å². The largest absolute Gasteiger partial charge is 0.490 e. The van der Waals surface area contributed by atoms with Gasteiger partial charge in [0.1, 0.15) is 12.4 Å². The SMILES string of the molecule is Cc1cc2n(n1)CCN(CC(=O)N1CCOc3ccccc31)C2. The number of benzene rings is 1. The molecule has 0 aliphatic carbocycles. The first-order chi connectivity index (χ1) is 11.2. The average molecular weight is 312 g/mol. The van der Waals surface area contributed by atoms with Crippen LogP contribution < -0.4 is 9.64 Å². The second-order valence-corrected chi connectivity index (χ2v) is 6.07. The van der Waals surface area contributed by atoms with Gasteiger partial charge in [-0.25, -0.2) is 0 Å². The van der Waals surface area contributed by atoms with Gasteiger partial charge >= 0.3 is 0 Å². The van der Waals surface area contributed by atoms with Gasteiger partial charge in [0.15, 0.2) is 0 Å². The van der Waals surface area contributed by atoms with Gasteiger partial charge in [0.25, 0.3) is 0 Å². The van der Waals surface area contributed by atoms with E-state index in [0.29, 0.717) is 19.7 Å². The molecular formula is C17H20N4O2. The van der Waals surface area contributed by atoms with Gasteiger partial charge in [-0.2, -0.15) is 5.10 Å². The van der Waals surface area contributed by atoms with Crippen LogP contribution in [-0.2, 0) is 17.9 Å². The van der Waals surface area contributed by atoms with Crippen molar-refractivity contribution in [1.82, 2.24) is 14.7 Å². The van der Waals surface area contributed by atoms with Crippen molar-refractivity contribution in [3.63, 3.8) is 0 Å². The molecule has 120 valence electrons. The van der Waals surface area contributed by atoms with Gasteiger partial charge in [-0.1, -0.05) is 12.1 Å². The number of amides is 1. The molecule has 0 saturated heterocycles. The van der Waals surface area contributed by atoms with Crippen LogP contribution >= 0.6 is 0 Å². The fourth-order valence-corrected chi connectivity index (χ4v) is 3.30. The molecule has 2 aliphatic rings. The number of rotatable bonds is 2. The van der Waals surface area contributed by atoms with Crippen molar-refractivity contribution >= 4 is 11.6 Å². The Morgan fingerprint density at radius 3 is 3.04 bits per heavy atom. The Morgan fingerprint density at radius 2 is 2.13 bits per heavy atom. The van der Waals surface area contributed by atoms with E-state index >= 15 is 0 Å². The van der Waals surface area contributed by atoms with E-state index < -0.39 is 0 Å². The monoisotopic (exact) mass is 312 g/mol. The van der Waals surface area contributed by atoms with Gasteiger partial charge in [-0.15, -0.1) is 0 Å². The summed E-state index contributed by atoms with van der Waals surface area (Å²) >= 11 is 0. The van der Waals surface area contributed by atoms with Crippen LogP contribution in [0.2, 0.25) is 0 Å². The highest BCUT2D eigenvalue weighted by Gasteiger charge is 2.26. The molecule has 0 fully saturated rings. The van der Waals surface area contributed by atoms with Crippen molar-refractivity contribution in [3.8, 4) is 5.75 Å². The normalized spacial score (nSPS) is 17.3. The number of aryl methyl sites for hydroxylation is 1. The minimum atomic E-state index is 0.130. The summed E-state index contributed by atoms with van der Waals surface area (Å²) in [6.07, 6.45) is 0. The lowest BCUT2D eigenvalue weighted by Gasteiger charge is -2.33. The van der Waals surface area contributed by atoms with Crippen molar-refractivity contribution in [1.29, 1.82) is 0 Å². The van der Waals surface area contributed by atoms with E-state index in [1.807, 2.05) is 40.8 Å². The lowest BCUT2D eigenvalue weighted by Crippen LogP contribution is -2.46. The van der Waals surface area contributed by atoms with Gasteiger partial charge in [-0.05, 0) is 25.1 Å². The molecule has 2 aliphatic heterocycles. The van der Waals surface area contributed by atoms with Crippen LogP contribution in [0.15, 0.2) is 30.3 Å². The standard InChI is InChI=1S/C17H20N4O2/c1-13-10-14-11-19(6-7-21(14)18-13)12-17(22)20-8-9-23-16-5-3-2-4-15(16)20/h2-5,10H,6-9,11-12H2,1H3. The molecule has 0 spiro atoms. The Bertz CT molecular complexity index is 740. The highest BCUT2D eigenvalue weighted by molar-refractivity contribution is 5.96. The molecule has 0 bridgehead atoms. The van der Waals surface area contributed by atoms with E-state index in [0.717, 1.165) is 36.8 Å². The van der Waals surface area contributed by atoms with Crippen molar-refractivity contribution < 1.29 is 9.53 Å².